The summed E-state index contributed by atoms with van der Waals surface area (Å²) >= 11 is 0. The van der Waals surface area contributed by atoms with Crippen LogP contribution in [0.5, 0.6) is 5.88 Å². The van der Waals surface area contributed by atoms with Crippen LogP contribution in [0, 0.1) is 6.92 Å². The van der Waals surface area contributed by atoms with Crippen molar-refractivity contribution in [1.29, 1.82) is 0 Å². The molecule has 0 aliphatic carbocycles. The van der Waals surface area contributed by atoms with Gasteiger partial charge in [-0.25, -0.2) is 4.98 Å². The third kappa shape index (κ3) is 4.82. The summed E-state index contributed by atoms with van der Waals surface area (Å²) in [6.45, 7) is -2.21. The van der Waals surface area contributed by atoms with Crippen molar-refractivity contribution >= 4 is 16.3 Å². The smallest absolute Gasteiger partial charge is 0.354 e. The second-order valence-corrected chi connectivity index (χ2v) is 6.35. The maximum atomic E-state index is 12.1. The van der Waals surface area contributed by atoms with Gasteiger partial charge in [-0.05, 0) is 26.6 Å². The third-order valence-corrected chi connectivity index (χ3v) is 4.02. The number of aryl methyl sites for hydroxylation is 1. The lowest BCUT2D eigenvalue weighted by atomic mass is 10.1. The molecule has 1 rings (SSSR count). The van der Waals surface area contributed by atoms with E-state index < -0.39 is 23.7 Å². The minimum absolute atomic E-state index is 0.247. The van der Waals surface area contributed by atoms with Crippen LogP contribution < -0.4 is 9.50 Å². The Bertz CT molecular complexity index is 738. The topological polar surface area (TPSA) is 84.4 Å². The van der Waals surface area contributed by atoms with Crippen molar-refractivity contribution in [2.45, 2.75) is 40.0 Å². The molecule has 0 saturated carbocycles. The fourth-order valence-electron chi connectivity index (χ4n) is 1.57. The highest BCUT2D eigenvalue weighted by Crippen LogP contribution is 2.24. The van der Waals surface area contributed by atoms with E-state index in [1.165, 1.54) is 14.1 Å². The van der Waals surface area contributed by atoms with Crippen LogP contribution in [0.2, 0.25) is 0 Å². The quantitative estimate of drug-likeness (QED) is 0.785. The van der Waals surface area contributed by atoms with Crippen LogP contribution >= 0.6 is 0 Å². The average molecular weight is 321 g/mol. The molecule has 0 spiro atoms. The molecule has 1 aromatic heterocycles. The van der Waals surface area contributed by atoms with E-state index in [2.05, 4.69) is 15.3 Å². The van der Waals surface area contributed by atoms with E-state index in [1.807, 2.05) is 6.92 Å². The standard InChI is InChI=1S/C13H24N4O3S/c1-6-8-9-11-10(3)15-13(14-7-2)16-12(11)20-21(18,19)17(4)5/h6-9H2,1-5H3,(H,14,15,16)/i2D3,7D2. The van der Waals surface area contributed by atoms with Crippen molar-refractivity contribution < 1.29 is 19.5 Å². The highest BCUT2D eigenvalue weighted by molar-refractivity contribution is 7.84. The Kier molecular flexibility index (Phi) is 4.03. The Morgan fingerprint density at radius 1 is 1.43 bits per heavy atom. The average Bonchev–Trinajstić information content (AvgIpc) is 2.44. The molecule has 0 atom stereocenters. The lowest BCUT2D eigenvalue weighted by Gasteiger charge is -2.16. The highest BCUT2D eigenvalue weighted by atomic mass is 32.2. The number of hydrogen-bond donors (Lipinski definition) is 1. The summed E-state index contributed by atoms with van der Waals surface area (Å²) in [5.41, 5.74) is 0.846. The van der Waals surface area contributed by atoms with Crippen molar-refractivity contribution in [2.24, 2.45) is 0 Å². The van der Waals surface area contributed by atoms with Gasteiger partial charge in [0.15, 0.2) is 0 Å². The molecule has 1 N–H and O–H groups in total. The Morgan fingerprint density at radius 2 is 2.14 bits per heavy atom. The summed E-state index contributed by atoms with van der Waals surface area (Å²) in [5, 5.41) is 2.10. The second-order valence-electron chi connectivity index (χ2n) is 4.59. The molecule has 21 heavy (non-hydrogen) atoms. The maximum Gasteiger partial charge on any atom is 0.386 e. The molecule has 0 fully saturated rings. The molecule has 7 nitrogen and oxygen atoms in total. The molecule has 120 valence electrons. The number of rotatable bonds is 8. The molecule has 0 unspecified atom stereocenters. The van der Waals surface area contributed by atoms with Crippen LogP contribution in [0.25, 0.3) is 0 Å². The summed E-state index contributed by atoms with van der Waals surface area (Å²) in [7, 11) is -1.51. The number of hydrogen-bond acceptors (Lipinski definition) is 6. The van der Waals surface area contributed by atoms with Crippen LogP contribution in [-0.4, -0.2) is 43.3 Å². The fraction of sp³-hybridized carbons (Fsp3) is 0.692. The fourth-order valence-corrected chi connectivity index (χ4v) is 2.05. The minimum atomic E-state index is -4.09. The Hall–Kier alpha value is -1.41. The first-order chi connectivity index (χ1) is 11.7. The third-order valence-electron chi connectivity index (χ3n) is 2.76. The molecular formula is C13H24N4O3S. The molecule has 1 aromatic rings. The van der Waals surface area contributed by atoms with Crippen molar-refractivity contribution in [1.82, 2.24) is 14.3 Å². The van der Waals surface area contributed by atoms with Gasteiger partial charge in [-0.1, -0.05) is 13.3 Å². The zero-order chi connectivity index (χ0) is 20.3. The van der Waals surface area contributed by atoms with E-state index in [0.717, 1.165) is 17.1 Å². The number of aromatic nitrogens is 2. The normalized spacial score (nSPS) is 16.5. The largest absolute Gasteiger partial charge is 0.386 e. The van der Waals surface area contributed by atoms with E-state index in [4.69, 9.17) is 11.0 Å². The predicted octanol–water partition coefficient (Wildman–Crippen LogP) is 1.74. The summed E-state index contributed by atoms with van der Waals surface area (Å²) in [4.78, 5) is 7.97. The summed E-state index contributed by atoms with van der Waals surface area (Å²) in [6.07, 6.45) is 2.05. The number of nitrogens with zero attached hydrogens (tertiary/aromatic N) is 3. The van der Waals surface area contributed by atoms with Crippen LogP contribution in [0.4, 0.5) is 5.95 Å². The molecule has 0 bridgehead atoms. The van der Waals surface area contributed by atoms with Crippen LogP contribution in [0.1, 0.15) is 44.7 Å². The monoisotopic (exact) mass is 321 g/mol. The van der Waals surface area contributed by atoms with E-state index >= 15 is 0 Å². The molecule has 0 amide bonds. The first kappa shape index (κ1) is 11.2. The maximum absolute atomic E-state index is 12.1. The van der Waals surface area contributed by atoms with Crippen molar-refractivity contribution in [3.63, 3.8) is 0 Å². The van der Waals surface area contributed by atoms with E-state index in [9.17, 15) is 8.42 Å². The van der Waals surface area contributed by atoms with Gasteiger partial charge in [-0.15, -0.1) is 0 Å². The van der Waals surface area contributed by atoms with E-state index in [1.54, 1.807) is 6.92 Å². The Morgan fingerprint density at radius 3 is 2.71 bits per heavy atom. The van der Waals surface area contributed by atoms with Gasteiger partial charge in [0.2, 0.25) is 11.8 Å². The van der Waals surface area contributed by atoms with Crippen LogP contribution in [0.3, 0.4) is 0 Å². The zero-order valence-electron chi connectivity index (χ0n) is 17.6. The van der Waals surface area contributed by atoms with Gasteiger partial charge in [0, 0.05) is 38.7 Å². The number of nitrogens with one attached hydrogen (secondary N) is 1. The van der Waals surface area contributed by atoms with E-state index in [0.29, 0.717) is 17.7 Å². The molecule has 0 aliphatic heterocycles. The van der Waals surface area contributed by atoms with E-state index in [-0.39, 0.29) is 11.8 Å². The van der Waals surface area contributed by atoms with Crippen molar-refractivity contribution in [3.8, 4) is 5.88 Å². The molecular weight excluding hydrogens is 292 g/mol. The van der Waals surface area contributed by atoms with Gasteiger partial charge in [-0.3, -0.25) is 0 Å². The first-order valence-electron chi connectivity index (χ1n) is 8.99. The highest BCUT2D eigenvalue weighted by Gasteiger charge is 2.21. The van der Waals surface area contributed by atoms with Gasteiger partial charge in [0.05, 0.1) is 0 Å². The Balaban J connectivity index is 3.37. The summed E-state index contributed by atoms with van der Waals surface area (Å²) in [5.74, 6) is -0.615. The SMILES string of the molecule is [2H]C([2H])([2H])C([2H])([2H])Nc1nc(C)c(CCCC)c(OS(=O)(=O)N(C)C)n1. The van der Waals surface area contributed by atoms with Crippen molar-refractivity contribution in [3.05, 3.63) is 11.3 Å². The molecule has 0 aliphatic rings. The molecule has 0 radical (unpaired) electrons. The zero-order valence-corrected chi connectivity index (χ0v) is 13.4. The summed E-state index contributed by atoms with van der Waals surface area (Å²) < 4.78 is 66.9. The van der Waals surface area contributed by atoms with Crippen LogP contribution in [0.15, 0.2) is 0 Å². The van der Waals surface area contributed by atoms with Crippen LogP contribution in [-0.2, 0) is 16.7 Å². The summed E-state index contributed by atoms with van der Waals surface area (Å²) in [6, 6.07) is 0. The lowest BCUT2D eigenvalue weighted by Crippen LogP contribution is -2.28. The molecule has 1 heterocycles. The lowest BCUT2D eigenvalue weighted by molar-refractivity contribution is 0.411. The number of anilines is 1. The predicted molar refractivity (Wildman–Crippen MR) is 82.8 cm³/mol. The van der Waals surface area contributed by atoms with Gasteiger partial charge in [0.25, 0.3) is 0 Å². The molecule has 0 saturated heterocycles. The van der Waals surface area contributed by atoms with Gasteiger partial charge < -0.3 is 9.50 Å². The first-order valence-corrected chi connectivity index (χ1v) is 7.85. The van der Waals surface area contributed by atoms with Gasteiger partial charge >= 0.3 is 10.3 Å². The molecule has 0 aromatic carbocycles. The number of unbranched alkanes of at least 4 members (excludes halogenated alkanes) is 1. The van der Waals surface area contributed by atoms with Crippen molar-refractivity contribution in [2.75, 3.05) is 25.9 Å². The van der Waals surface area contributed by atoms with Gasteiger partial charge in [0.1, 0.15) is 0 Å². The second kappa shape index (κ2) is 7.56. The molecule has 8 heteroatoms. The Labute approximate surface area is 134 Å². The minimum Gasteiger partial charge on any atom is -0.354 e. The van der Waals surface area contributed by atoms with Gasteiger partial charge in [-0.2, -0.15) is 17.7 Å².